The van der Waals surface area contributed by atoms with Gasteiger partial charge in [-0.2, -0.15) is 0 Å². The molecule has 1 saturated heterocycles. The van der Waals surface area contributed by atoms with Gasteiger partial charge in [-0.05, 0) is 31.1 Å². The summed E-state index contributed by atoms with van der Waals surface area (Å²) in [4.78, 5) is 13.6. The third-order valence-electron chi connectivity index (χ3n) is 4.58. The lowest BCUT2D eigenvalue weighted by molar-refractivity contribution is -0.144. The zero-order valence-corrected chi connectivity index (χ0v) is 11.6. The molecule has 1 aliphatic heterocycles. The number of carboxylic acids is 1. The molecule has 1 saturated carbocycles. The normalized spacial score (nSPS) is 32.1. The van der Waals surface area contributed by atoms with E-state index >= 15 is 0 Å². The zero-order valence-electron chi connectivity index (χ0n) is 11.6. The van der Waals surface area contributed by atoms with E-state index in [0.29, 0.717) is 5.92 Å². The van der Waals surface area contributed by atoms with Gasteiger partial charge in [-0.25, -0.2) is 0 Å². The molecule has 104 valence electrons. The van der Waals surface area contributed by atoms with Crippen LogP contribution in [0.2, 0.25) is 0 Å². The Morgan fingerprint density at radius 3 is 2.44 bits per heavy atom. The SMILES string of the molecule is CC1CC(C(=O)O)CN(CC2CCCCCC2)C1. The fourth-order valence-corrected chi connectivity index (χ4v) is 3.70. The van der Waals surface area contributed by atoms with E-state index in [1.54, 1.807) is 0 Å². The van der Waals surface area contributed by atoms with Crippen molar-refractivity contribution >= 4 is 5.97 Å². The Morgan fingerprint density at radius 1 is 1.17 bits per heavy atom. The van der Waals surface area contributed by atoms with Crippen molar-refractivity contribution in [3.05, 3.63) is 0 Å². The lowest BCUT2D eigenvalue weighted by atomic mass is 9.89. The second kappa shape index (κ2) is 6.55. The van der Waals surface area contributed by atoms with Crippen molar-refractivity contribution < 1.29 is 9.90 Å². The lowest BCUT2D eigenvalue weighted by Gasteiger charge is -2.36. The monoisotopic (exact) mass is 253 g/mol. The number of likely N-dealkylation sites (tertiary alicyclic amines) is 1. The summed E-state index contributed by atoms with van der Waals surface area (Å²) < 4.78 is 0. The van der Waals surface area contributed by atoms with E-state index in [1.165, 1.54) is 38.5 Å². The van der Waals surface area contributed by atoms with Gasteiger partial charge in [-0.15, -0.1) is 0 Å². The molecule has 2 unspecified atom stereocenters. The number of hydrogen-bond acceptors (Lipinski definition) is 2. The number of aliphatic carboxylic acids is 1. The summed E-state index contributed by atoms with van der Waals surface area (Å²) in [5, 5.41) is 9.20. The highest BCUT2D eigenvalue weighted by Crippen LogP contribution is 2.27. The first-order valence-corrected chi connectivity index (χ1v) is 7.60. The Hall–Kier alpha value is -0.570. The predicted molar refractivity (Wildman–Crippen MR) is 72.5 cm³/mol. The van der Waals surface area contributed by atoms with E-state index in [2.05, 4.69) is 11.8 Å². The smallest absolute Gasteiger partial charge is 0.307 e. The Kier molecular flexibility index (Phi) is 5.04. The summed E-state index contributed by atoms with van der Waals surface area (Å²) >= 11 is 0. The van der Waals surface area contributed by atoms with Gasteiger partial charge in [0.2, 0.25) is 0 Å². The minimum Gasteiger partial charge on any atom is -0.481 e. The number of carbonyl (C=O) groups is 1. The van der Waals surface area contributed by atoms with Crippen LogP contribution in [0, 0.1) is 17.8 Å². The largest absolute Gasteiger partial charge is 0.481 e. The molecule has 0 amide bonds. The molecule has 0 bridgehead atoms. The molecule has 2 atom stereocenters. The number of carboxylic acid groups (broad SMARTS) is 1. The summed E-state index contributed by atoms with van der Waals surface area (Å²) in [6.45, 7) is 5.19. The third kappa shape index (κ3) is 3.98. The molecule has 2 fully saturated rings. The van der Waals surface area contributed by atoms with Crippen molar-refractivity contribution in [1.29, 1.82) is 0 Å². The molecular weight excluding hydrogens is 226 g/mol. The van der Waals surface area contributed by atoms with Crippen LogP contribution >= 0.6 is 0 Å². The molecule has 18 heavy (non-hydrogen) atoms. The standard InChI is InChI=1S/C15H27NO2/c1-12-8-14(15(17)18)11-16(9-12)10-13-6-4-2-3-5-7-13/h12-14H,2-11H2,1H3,(H,17,18). The summed E-state index contributed by atoms with van der Waals surface area (Å²) in [6, 6.07) is 0. The van der Waals surface area contributed by atoms with Gasteiger partial charge in [0, 0.05) is 19.6 Å². The number of hydrogen-bond donors (Lipinski definition) is 1. The van der Waals surface area contributed by atoms with E-state index in [0.717, 1.165) is 32.0 Å². The second-order valence-corrected chi connectivity index (χ2v) is 6.45. The fourth-order valence-electron chi connectivity index (χ4n) is 3.70. The van der Waals surface area contributed by atoms with Gasteiger partial charge in [0.1, 0.15) is 0 Å². The van der Waals surface area contributed by atoms with Gasteiger partial charge >= 0.3 is 5.97 Å². The minimum atomic E-state index is -0.604. The summed E-state index contributed by atoms with van der Waals surface area (Å²) in [5.74, 6) is 0.602. The zero-order chi connectivity index (χ0) is 13.0. The molecule has 3 nitrogen and oxygen atoms in total. The summed E-state index contributed by atoms with van der Waals surface area (Å²) in [7, 11) is 0. The first kappa shape index (κ1) is 13.9. The topological polar surface area (TPSA) is 40.5 Å². The van der Waals surface area contributed by atoms with E-state index in [9.17, 15) is 9.90 Å². The molecule has 0 aromatic carbocycles. The van der Waals surface area contributed by atoms with Crippen molar-refractivity contribution in [1.82, 2.24) is 4.90 Å². The van der Waals surface area contributed by atoms with Crippen LogP contribution in [0.1, 0.15) is 51.9 Å². The van der Waals surface area contributed by atoms with Crippen LogP contribution < -0.4 is 0 Å². The van der Waals surface area contributed by atoms with E-state index in [4.69, 9.17) is 0 Å². The first-order valence-electron chi connectivity index (χ1n) is 7.60. The molecule has 3 heteroatoms. The number of rotatable bonds is 3. The van der Waals surface area contributed by atoms with Crippen molar-refractivity contribution in [3.8, 4) is 0 Å². The van der Waals surface area contributed by atoms with Gasteiger partial charge in [-0.1, -0.05) is 32.6 Å². The second-order valence-electron chi connectivity index (χ2n) is 6.45. The van der Waals surface area contributed by atoms with Gasteiger partial charge in [0.15, 0.2) is 0 Å². The number of nitrogens with zero attached hydrogens (tertiary/aromatic N) is 1. The maximum atomic E-state index is 11.2. The molecule has 0 aromatic rings. The maximum Gasteiger partial charge on any atom is 0.307 e. The molecule has 0 radical (unpaired) electrons. The highest BCUT2D eigenvalue weighted by molar-refractivity contribution is 5.70. The van der Waals surface area contributed by atoms with Crippen LogP contribution in [0.25, 0.3) is 0 Å². The van der Waals surface area contributed by atoms with Crippen molar-refractivity contribution in [2.75, 3.05) is 19.6 Å². The van der Waals surface area contributed by atoms with Crippen molar-refractivity contribution in [3.63, 3.8) is 0 Å². The predicted octanol–water partition coefficient (Wildman–Crippen LogP) is 3.00. The van der Waals surface area contributed by atoms with Crippen LogP contribution in [-0.4, -0.2) is 35.6 Å². The Labute approximate surface area is 111 Å². The Bertz CT molecular complexity index is 272. The van der Waals surface area contributed by atoms with Crippen molar-refractivity contribution in [2.24, 2.45) is 17.8 Å². The quantitative estimate of drug-likeness (QED) is 0.786. The molecule has 2 rings (SSSR count). The molecule has 1 aliphatic carbocycles. The Balaban J connectivity index is 1.85. The molecule has 1 heterocycles. The molecule has 0 aromatic heterocycles. The van der Waals surface area contributed by atoms with E-state index in [-0.39, 0.29) is 5.92 Å². The molecule has 2 aliphatic rings. The van der Waals surface area contributed by atoms with Gasteiger partial charge in [0.25, 0.3) is 0 Å². The van der Waals surface area contributed by atoms with E-state index in [1.807, 2.05) is 0 Å². The third-order valence-corrected chi connectivity index (χ3v) is 4.58. The van der Waals surface area contributed by atoms with Gasteiger partial charge < -0.3 is 10.0 Å². The average molecular weight is 253 g/mol. The first-order chi connectivity index (χ1) is 8.65. The van der Waals surface area contributed by atoms with Crippen molar-refractivity contribution in [2.45, 2.75) is 51.9 Å². The lowest BCUT2D eigenvalue weighted by Crippen LogP contribution is -2.44. The number of piperidine rings is 1. The summed E-state index contributed by atoms with van der Waals surface area (Å²) in [5.41, 5.74) is 0. The minimum absolute atomic E-state index is 0.139. The Morgan fingerprint density at radius 2 is 1.83 bits per heavy atom. The highest BCUT2D eigenvalue weighted by Gasteiger charge is 2.30. The highest BCUT2D eigenvalue weighted by atomic mass is 16.4. The van der Waals surface area contributed by atoms with Crippen LogP contribution in [0.5, 0.6) is 0 Å². The maximum absolute atomic E-state index is 11.2. The molecule has 1 N–H and O–H groups in total. The average Bonchev–Trinajstić information content (AvgIpc) is 2.57. The van der Waals surface area contributed by atoms with Gasteiger partial charge in [0.05, 0.1) is 5.92 Å². The van der Waals surface area contributed by atoms with Crippen LogP contribution in [-0.2, 0) is 4.79 Å². The molecular formula is C15H27NO2. The molecule has 0 spiro atoms. The summed E-state index contributed by atoms with van der Waals surface area (Å²) in [6.07, 6.45) is 9.09. The van der Waals surface area contributed by atoms with Gasteiger partial charge in [-0.3, -0.25) is 4.79 Å². The van der Waals surface area contributed by atoms with Crippen LogP contribution in [0.3, 0.4) is 0 Å². The van der Waals surface area contributed by atoms with Crippen LogP contribution in [0.4, 0.5) is 0 Å². The fraction of sp³-hybridized carbons (Fsp3) is 0.933. The van der Waals surface area contributed by atoms with E-state index < -0.39 is 5.97 Å². The van der Waals surface area contributed by atoms with Crippen LogP contribution in [0.15, 0.2) is 0 Å².